The van der Waals surface area contributed by atoms with Gasteiger partial charge >= 0.3 is 0 Å². The molecule has 1 aliphatic heterocycles. The molecule has 2 aromatic carbocycles. The Morgan fingerprint density at radius 1 is 1.26 bits per heavy atom. The van der Waals surface area contributed by atoms with Crippen molar-refractivity contribution in [2.24, 2.45) is 0 Å². The van der Waals surface area contributed by atoms with E-state index in [1.54, 1.807) is 0 Å². The Kier molecular flexibility index (Phi) is 3.76. The molecule has 0 aromatic heterocycles. The van der Waals surface area contributed by atoms with Gasteiger partial charge in [-0.15, -0.1) is 23.5 Å². The summed E-state index contributed by atoms with van der Waals surface area (Å²) in [6, 6.07) is 15.1. The molecule has 1 aliphatic rings. The van der Waals surface area contributed by atoms with Crippen LogP contribution in [0.3, 0.4) is 0 Å². The second-order valence-corrected chi connectivity index (χ2v) is 7.02. The van der Waals surface area contributed by atoms with Gasteiger partial charge in [0.15, 0.2) is 0 Å². The molecule has 0 aliphatic carbocycles. The molecule has 0 saturated heterocycles. The second kappa shape index (κ2) is 5.51. The molecule has 0 fully saturated rings. The summed E-state index contributed by atoms with van der Waals surface area (Å²) in [4.78, 5) is 2.66. The van der Waals surface area contributed by atoms with E-state index in [4.69, 9.17) is 5.73 Å². The fourth-order valence-corrected chi connectivity index (χ4v) is 4.83. The highest BCUT2D eigenvalue weighted by Crippen LogP contribution is 2.42. The molecule has 0 radical (unpaired) electrons. The summed E-state index contributed by atoms with van der Waals surface area (Å²) < 4.78 is 0. The van der Waals surface area contributed by atoms with Crippen LogP contribution in [0.5, 0.6) is 0 Å². The molecule has 2 N–H and O–H groups in total. The number of rotatable bonds is 3. The van der Waals surface area contributed by atoms with Crippen LogP contribution in [0.25, 0.3) is 0 Å². The summed E-state index contributed by atoms with van der Waals surface area (Å²) in [5, 5.41) is 0. The van der Waals surface area contributed by atoms with Crippen LogP contribution in [-0.2, 0) is 0 Å². The number of anilines is 1. The molecular weight excluding hydrogens is 270 g/mol. The molecule has 1 unspecified atom stereocenters. The van der Waals surface area contributed by atoms with E-state index in [0.29, 0.717) is 5.92 Å². The third kappa shape index (κ3) is 2.77. The highest BCUT2D eigenvalue weighted by Gasteiger charge is 2.22. The number of aryl methyl sites for hydroxylation is 1. The fraction of sp³-hybridized carbons (Fsp3) is 0.250. The number of hydrogen-bond acceptors (Lipinski definition) is 3. The van der Waals surface area contributed by atoms with Gasteiger partial charge in [-0.25, -0.2) is 0 Å². The number of thioether (sulfide) groups is 2. The Morgan fingerprint density at radius 2 is 2.11 bits per heavy atom. The second-order valence-electron chi connectivity index (χ2n) is 4.90. The van der Waals surface area contributed by atoms with Crippen molar-refractivity contribution in [1.29, 1.82) is 0 Å². The van der Waals surface area contributed by atoms with Crippen molar-refractivity contribution >= 4 is 29.2 Å². The first kappa shape index (κ1) is 12.9. The molecule has 0 spiro atoms. The van der Waals surface area contributed by atoms with Gasteiger partial charge in [0.1, 0.15) is 0 Å². The Labute approximate surface area is 123 Å². The van der Waals surface area contributed by atoms with E-state index in [-0.39, 0.29) is 0 Å². The van der Waals surface area contributed by atoms with Crippen molar-refractivity contribution in [2.45, 2.75) is 22.6 Å². The predicted octanol–water partition coefficient (Wildman–Crippen LogP) is 4.56. The Balaban J connectivity index is 1.71. The maximum absolute atomic E-state index is 6.07. The Bertz CT molecular complexity index is 595. The molecule has 98 valence electrons. The maximum Gasteiger partial charge on any atom is 0.0454 e. The average molecular weight is 287 g/mol. The Hall–Kier alpha value is -1.06. The molecule has 0 saturated carbocycles. The third-order valence-corrected chi connectivity index (χ3v) is 5.91. The van der Waals surface area contributed by atoms with E-state index in [2.05, 4.69) is 49.4 Å². The van der Waals surface area contributed by atoms with E-state index in [1.165, 1.54) is 26.7 Å². The van der Waals surface area contributed by atoms with Crippen LogP contribution in [0.1, 0.15) is 17.0 Å². The van der Waals surface area contributed by atoms with Gasteiger partial charge in [0.25, 0.3) is 0 Å². The number of hydrogen-bond donors (Lipinski definition) is 1. The van der Waals surface area contributed by atoms with E-state index in [0.717, 1.165) is 11.4 Å². The van der Waals surface area contributed by atoms with E-state index in [1.807, 2.05) is 23.5 Å². The van der Waals surface area contributed by atoms with Crippen molar-refractivity contribution in [3.63, 3.8) is 0 Å². The van der Waals surface area contributed by atoms with Gasteiger partial charge in [-0.05, 0) is 36.2 Å². The summed E-state index contributed by atoms with van der Waals surface area (Å²) in [7, 11) is 0. The van der Waals surface area contributed by atoms with Gasteiger partial charge in [0, 0.05) is 32.9 Å². The summed E-state index contributed by atoms with van der Waals surface area (Å²) in [6.07, 6.45) is 0. The minimum absolute atomic E-state index is 0.645. The molecule has 3 rings (SSSR count). The van der Waals surface area contributed by atoms with Crippen LogP contribution >= 0.6 is 23.5 Å². The highest BCUT2D eigenvalue weighted by molar-refractivity contribution is 8.00. The van der Waals surface area contributed by atoms with Gasteiger partial charge in [-0.3, -0.25) is 0 Å². The van der Waals surface area contributed by atoms with Gasteiger partial charge in [0.05, 0.1) is 0 Å². The largest absolute Gasteiger partial charge is 0.398 e. The zero-order chi connectivity index (χ0) is 13.2. The van der Waals surface area contributed by atoms with Crippen LogP contribution in [0.15, 0.2) is 52.3 Å². The lowest BCUT2D eigenvalue weighted by atomic mass is 10.0. The van der Waals surface area contributed by atoms with Gasteiger partial charge in [-0.1, -0.05) is 24.3 Å². The van der Waals surface area contributed by atoms with Crippen LogP contribution in [0.2, 0.25) is 0 Å². The van der Waals surface area contributed by atoms with Crippen LogP contribution < -0.4 is 5.73 Å². The number of benzene rings is 2. The van der Waals surface area contributed by atoms with E-state index < -0.39 is 0 Å². The van der Waals surface area contributed by atoms with Crippen molar-refractivity contribution in [3.8, 4) is 0 Å². The molecule has 2 aromatic rings. The summed E-state index contributed by atoms with van der Waals surface area (Å²) >= 11 is 3.85. The lowest BCUT2D eigenvalue weighted by Gasteiger charge is -2.11. The Morgan fingerprint density at radius 3 is 2.95 bits per heavy atom. The summed E-state index contributed by atoms with van der Waals surface area (Å²) in [5.41, 5.74) is 9.71. The molecular formula is C16H17NS2. The number of nitrogens with two attached hydrogens (primary N) is 1. The molecule has 3 heteroatoms. The van der Waals surface area contributed by atoms with Crippen molar-refractivity contribution in [2.75, 3.05) is 17.2 Å². The SMILES string of the molecule is Cc1ccc(SCC2CSc3ccccc32)c(N)c1. The minimum atomic E-state index is 0.645. The first-order chi connectivity index (χ1) is 9.24. The molecule has 0 amide bonds. The topological polar surface area (TPSA) is 26.0 Å². The molecule has 19 heavy (non-hydrogen) atoms. The van der Waals surface area contributed by atoms with E-state index >= 15 is 0 Å². The monoisotopic (exact) mass is 287 g/mol. The smallest absolute Gasteiger partial charge is 0.0454 e. The lowest BCUT2D eigenvalue weighted by molar-refractivity contribution is 0.896. The normalized spacial score (nSPS) is 17.4. The number of fused-ring (bicyclic) bond motifs is 1. The van der Waals surface area contributed by atoms with Crippen LogP contribution in [0, 0.1) is 6.92 Å². The molecule has 1 heterocycles. The van der Waals surface area contributed by atoms with Crippen LogP contribution in [0.4, 0.5) is 5.69 Å². The van der Waals surface area contributed by atoms with Crippen molar-refractivity contribution < 1.29 is 0 Å². The minimum Gasteiger partial charge on any atom is -0.398 e. The van der Waals surface area contributed by atoms with Crippen molar-refractivity contribution in [1.82, 2.24) is 0 Å². The lowest BCUT2D eigenvalue weighted by Crippen LogP contribution is -2.00. The van der Waals surface area contributed by atoms with Crippen molar-refractivity contribution in [3.05, 3.63) is 53.6 Å². The first-order valence-corrected chi connectivity index (χ1v) is 8.42. The van der Waals surface area contributed by atoms with Crippen LogP contribution in [-0.4, -0.2) is 11.5 Å². The van der Waals surface area contributed by atoms with Gasteiger partial charge < -0.3 is 5.73 Å². The quantitative estimate of drug-likeness (QED) is 0.662. The maximum atomic E-state index is 6.07. The van der Waals surface area contributed by atoms with Gasteiger partial charge in [-0.2, -0.15) is 0 Å². The molecule has 1 nitrogen and oxygen atoms in total. The number of nitrogen functional groups attached to an aromatic ring is 1. The predicted molar refractivity (Wildman–Crippen MR) is 86.2 cm³/mol. The highest BCUT2D eigenvalue weighted by atomic mass is 32.2. The molecule has 0 bridgehead atoms. The zero-order valence-electron chi connectivity index (χ0n) is 10.9. The third-order valence-electron chi connectivity index (χ3n) is 3.40. The first-order valence-electron chi connectivity index (χ1n) is 6.44. The molecule has 1 atom stereocenters. The summed E-state index contributed by atoms with van der Waals surface area (Å²) in [6.45, 7) is 2.08. The van der Waals surface area contributed by atoms with Gasteiger partial charge in [0.2, 0.25) is 0 Å². The fourth-order valence-electron chi connectivity index (χ4n) is 2.36. The van der Waals surface area contributed by atoms with E-state index in [9.17, 15) is 0 Å². The summed E-state index contributed by atoms with van der Waals surface area (Å²) in [5.74, 6) is 2.95. The average Bonchev–Trinajstić information content (AvgIpc) is 2.81. The zero-order valence-corrected chi connectivity index (χ0v) is 12.6. The standard InChI is InChI=1S/C16H17NS2/c1-11-6-7-16(14(17)8-11)19-10-12-9-18-15-5-3-2-4-13(12)15/h2-8,12H,9-10,17H2,1H3.